The molecule has 0 aliphatic rings. The van der Waals surface area contributed by atoms with Gasteiger partial charge in [-0.15, -0.1) is 0 Å². The summed E-state index contributed by atoms with van der Waals surface area (Å²) >= 11 is 0. The second kappa shape index (κ2) is 9.59. The highest BCUT2D eigenvalue weighted by Gasteiger charge is 2.11. The van der Waals surface area contributed by atoms with E-state index in [0.717, 1.165) is 16.6 Å². The fourth-order valence-corrected chi connectivity index (χ4v) is 2.40. The molecule has 0 atom stereocenters. The Morgan fingerprint density at radius 2 is 2.00 bits per heavy atom. The van der Waals surface area contributed by atoms with Crippen molar-refractivity contribution in [2.75, 3.05) is 27.8 Å². The first-order chi connectivity index (χ1) is 12.6. The van der Waals surface area contributed by atoms with Crippen LogP contribution in [0.2, 0.25) is 0 Å². The van der Waals surface area contributed by atoms with E-state index in [0.29, 0.717) is 24.0 Å². The monoisotopic (exact) mass is 367 g/mol. The summed E-state index contributed by atoms with van der Waals surface area (Å²) in [4.78, 5) is 8.00. The maximum atomic E-state index is 12.8. The maximum Gasteiger partial charge on any atom is 0.319 e. The average Bonchev–Trinajstić information content (AvgIpc) is 3.13. The first-order valence-electron chi connectivity index (χ1n) is 8.04. The standard InChI is InChI=1S/C17H23F2N5O2/c1-20-17(23-11-15-21-8-9-24(15)16(18)19)22-7-6-12-4-5-13(25-2)14(10-12)26-3/h4-5,8-10,16H,6-7,11H2,1-3H3,(H2,20,22,23). The molecule has 1 heterocycles. The van der Waals surface area contributed by atoms with Crippen molar-refractivity contribution in [1.29, 1.82) is 0 Å². The van der Waals surface area contributed by atoms with Gasteiger partial charge in [0.1, 0.15) is 5.82 Å². The fraction of sp³-hybridized carbons (Fsp3) is 0.412. The molecule has 0 aliphatic heterocycles. The number of aromatic nitrogens is 2. The van der Waals surface area contributed by atoms with Crippen LogP contribution in [0.25, 0.3) is 0 Å². The van der Waals surface area contributed by atoms with E-state index in [4.69, 9.17) is 9.47 Å². The Hall–Kier alpha value is -2.84. The molecule has 2 aromatic rings. The lowest BCUT2D eigenvalue weighted by molar-refractivity contribution is 0.0668. The number of guanidine groups is 1. The van der Waals surface area contributed by atoms with E-state index in [1.54, 1.807) is 21.3 Å². The molecule has 0 radical (unpaired) electrons. The van der Waals surface area contributed by atoms with E-state index in [1.165, 1.54) is 12.4 Å². The van der Waals surface area contributed by atoms with Crippen LogP contribution in [-0.4, -0.2) is 43.3 Å². The van der Waals surface area contributed by atoms with Gasteiger partial charge in [0.25, 0.3) is 0 Å². The number of aliphatic imine (C=N–C) groups is 1. The van der Waals surface area contributed by atoms with Crippen LogP contribution in [0.15, 0.2) is 35.6 Å². The molecular formula is C17H23F2N5O2. The van der Waals surface area contributed by atoms with Crippen molar-refractivity contribution in [2.45, 2.75) is 19.5 Å². The molecule has 0 unspecified atom stereocenters. The van der Waals surface area contributed by atoms with Crippen molar-refractivity contribution in [1.82, 2.24) is 20.2 Å². The minimum Gasteiger partial charge on any atom is -0.493 e. The summed E-state index contributed by atoms with van der Waals surface area (Å²) in [5, 5.41) is 6.11. The lowest BCUT2D eigenvalue weighted by Gasteiger charge is -2.13. The van der Waals surface area contributed by atoms with Gasteiger partial charge in [-0.25, -0.2) is 4.98 Å². The number of imidazole rings is 1. The number of rotatable bonds is 8. The SMILES string of the molecule is CN=C(NCCc1ccc(OC)c(OC)c1)NCc1nccn1C(F)F. The van der Waals surface area contributed by atoms with E-state index in [-0.39, 0.29) is 12.4 Å². The van der Waals surface area contributed by atoms with Gasteiger partial charge in [-0.3, -0.25) is 9.56 Å². The first kappa shape index (κ1) is 19.5. The highest BCUT2D eigenvalue weighted by Crippen LogP contribution is 2.27. The molecule has 0 fully saturated rings. The Bertz CT molecular complexity index is 734. The van der Waals surface area contributed by atoms with Crippen molar-refractivity contribution >= 4 is 5.96 Å². The quantitative estimate of drug-likeness (QED) is 0.553. The molecule has 142 valence electrons. The third-order valence-corrected chi connectivity index (χ3v) is 3.75. The Morgan fingerprint density at radius 3 is 2.65 bits per heavy atom. The van der Waals surface area contributed by atoms with Gasteiger partial charge in [-0.2, -0.15) is 8.78 Å². The van der Waals surface area contributed by atoms with Gasteiger partial charge >= 0.3 is 6.55 Å². The minimum absolute atomic E-state index is 0.146. The van der Waals surface area contributed by atoms with E-state index in [9.17, 15) is 8.78 Å². The van der Waals surface area contributed by atoms with E-state index in [1.807, 2.05) is 18.2 Å². The van der Waals surface area contributed by atoms with E-state index >= 15 is 0 Å². The summed E-state index contributed by atoms with van der Waals surface area (Å²) in [6, 6.07) is 5.72. The zero-order valence-corrected chi connectivity index (χ0v) is 15.0. The van der Waals surface area contributed by atoms with Gasteiger partial charge in [0, 0.05) is 26.0 Å². The van der Waals surface area contributed by atoms with Crippen LogP contribution < -0.4 is 20.1 Å². The molecule has 0 amide bonds. The number of alkyl halides is 2. The highest BCUT2D eigenvalue weighted by atomic mass is 19.3. The molecule has 9 heteroatoms. The molecular weight excluding hydrogens is 344 g/mol. The van der Waals surface area contributed by atoms with Gasteiger partial charge in [0.2, 0.25) is 0 Å². The Kier molecular flexibility index (Phi) is 7.19. The minimum atomic E-state index is -2.62. The molecule has 0 bridgehead atoms. The molecule has 2 rings (SSSR count). The van der Waals surface area contributed by atoms with Gasteiger partial charge in [0.05, 0.1) is 20.8 Å². The van der Waals surface area contributed by atoms with E-state index < -0.39 is 6.55 Å². The average molecular weight is 367 g/mol. The number of ether oxygens (including phenoxy) is 2. The highest BCUT2D eigenvalue weighted by molar-refractivity contribution is 5.79. The molecule has 7 nitrogen and oxygen atoms in total. The molecule has 1 aromatic heterocycles. The number of methoxy groups -OCH3 is 2. The third-order valence-electron chi connectivity index (χ3n) is 3.75. The first-order valence-corrected chi connectivity index (χ1v) is 8.04. The van der Waals surface area contributed by atoms with Crippen LogP contribution in [0.1, 0.15) is 17.9 Å². The molecule has 1 aromatic carbocycles. The van der Waals surface area contributed by atoms with Crippen molar-refractivity contribution in [2.24, 2.45) is 4.99 Å². The summed E-state index contributed by atoms with van der Waals surface area (Å²) in [6.45, 7) is -1.86. The zero-order valence-electron chi connectivity index (χ0n) is 15.0. The number of nitrogens with one attached hydrogen (secondary N) is 2. The van der Waals surface area contributed by atoms with Crippen molar-refractivity contribution in [3.8, 4) is 11.5 Å². The predicted octanol–water partition coefficient (Wildman–Crippen LogP) is 2.20. The number of nitrogens with zero attached hydrogens (tertiary/aromatic N) is 3. The summed E-state index contributed by atoms with van der Waals surface area (Å²) in [5.41, 5.74) is 1.07. The fourth-order valence-electron chi connectivity index (χ4n) is 2.40. The molecule has 2 N–H and O–H groups in total. The van der Waals surface area contributed by atoms with Crippen LogP contribution in [0.4, 0.5) is 8.78 Å². The zero-order chi connectivity index (χ0) is 18.9. The Balaban J connectivity index is 1.85. The van der Waals surface area contributed by atoms with Crippen LogP contribution in [0.5, 0.6) is 11.5 Å². The van der Waals surface area contributed by atoms with Gasteiger partial charge in [0.15, 0.2) is 17.5 Å². The molecule has 0 saturated carbocycles. The van der Waals surface area contributed by atoms with Crippen molar-refractivity contribution in [3.05, 3.63) is 42.0 Å². The second-order valence-corrected chi connectivity index (χ2v) is 5.32. The Morgan fingerprint density at radius 1 is 1.23 bits per heavy atom. The van der Waals surface area contributed by atoms with Crippen LogP contribution in [0.3, 0.4) is 0 Å². The second-order valence-electron chi connectivity index (χ2n) is 5.32. The molecule has 0 saturated heterocycles. The smallest absolute Gasteiger partial charge is 0.319 e. The van der Waals surface area contributed by atoms with Gasteiger partial charge in [-0.05, 0) is 24.1 Å². The molecule has 26 heavy (non-hydrogen) atoms. The molecule has 0 spiro atoms. The largest absolute Gasteiger partial charge is 0.493 e. The third kappa shape index (κ3) is 5.08. The van der Waals surface area contributed by atoms with Crippen LogP contribution >= 0.6 is 0 Å². The number of benzene rings is 1. The summed E-state index contributed by atoms with van der Waals surface area (Å²) in [6.07, 6.45) is 3.32. The Labute approximate surface area is 151 Å². The van der Waals surface area contributed by atoms with Gasteiger partial charge in [-0.1, -0.05) is 6.07 Å². The summed E-state index contributed by atoms with van der Waals surface area (Å²) < 4.78 is 36.9. The van der Waals surface area contributed by atoms with E-state index in [2.05, 4.69) is 20.6 Å². The normalized spacial score (nSPS) is 11.5. The number of halogens is 2. The van der Waals surface area contributed by atoms with Crippen LogP contribution in [0, 0.1) is 0 Å². The van der Waals surface area contributed by atoms with Crippen LogP contribution in [-0.2, 0) is 13.0 Å². The van der Waals surface area contributed by atoms with Crippen molar-refractivity contribution in [3.63, 3.8) is 0 Å². The maximum absolute atomic E-state index is 12.8. The van der Waals surface area contributed by atoms with Gasteiger partial charge < -0.3 is 20.1 Å². The van der Waals surface area contributed by atoms with Crippen molar-refractivity contribution < 1.29 is 18.3 Å². The molecule has 0 aliphatic carbocycles. The summed E-state index contributed by atoms with van der Waals surface area (Å²) in [7, 11) is 4.80. The topological polar surface area (TPSA) is 72.7 Å². The summed E-state index contributed by atoms with van der Waals surface area (Å²) in [5.74, 6) is 2.10. The lowest BCUT2D eigenvalue weighted by Crippen LogP contribution is -2.38. The number of hydrogen-bond acceptors (Lipinski definition) is 4. The predicted molar refractivity (Wildman–Crippen MR) is 94.9 cm³/mol. The number of hydrogen-bond donors (Lipinski definition) is 2. The lowest BCUT2D eigenvalue weighted by atomic mass is 10.1.